The van der Waals surface area contributed by atoms with Crippen molar-refractivity contribution in [3.63, 3.8) is 0 Å². The summed E-state index contributed by atoms with van der Waals surface area (Å²) < 4.78 is 29.0. The first-order valence-corrected chi connectivity index (χ1v) is 13.3. The molecule has 0 spiro atoms. The third-order valence-electron chi connectivity index (χ3n) is 6.50. The molecule has 0 saturated carbocycles. The highest BCUT2D eigenvalue weighted by Gasteiger charge is 2.32. The van der Waals surface area contributed by atoms with E-state index < -0.39 is 16.1 Å². The molecule has 35 heavy (non-hydrogen) atoms. The van der Waals surface area contributed by atoms with Gasteiger partial charge in [-0.15, -0.1) is 0 Å². The molecule has 4 rings (SSSR count). The van der Waals surface area contributed by atoms with Crippen molar-refractivity contribution < 1.29 is 13.2 Å². The summed E-state index contributed by atoms with van der Waals surface area (Å²) in [5.41, 5.74) is 3.42. The molecule has 1 saturated heterocycles. The Labute approximate surface area is 207 Å². The first kappa shape index (κ1) is 24.6. The fourth-order valence-corrected chi connectivity index (χ4v) is 5.72. The number of nitrogens with one attached hydrogen (secondary N) is 1. The van der Waals surface area contributed by atoms with Gasteiger partial charge in [0.25, 0.3) is 0 Å². The average molecular weight is 488 g/mol. The molecule has 0 bridgehead atoms. The summed E-state index contributed by atoms with van der Waals surface area (Å²) >= 11 is 0. The molecule has 1 heterocycles. The van der Waals surface area contributed by atoms with Crippen molar-refractivity contribution >= 4 is 15.9 Å². The van der Waals surface area contributed by atoms with Gasteiger partial charge in [-0.3, -0.25) is 4.79 Å². The number of piperidine rings is 1. The van der Waals surface area contributed by atoms with Gasteiger partial charge in [0.1, 0.15) is 6.04 Å². The summed E-state index contributed by atoms with van der Waals surface area (Å²) in [4.78, 5) is 15.5. The van der Waals surface area contributed by atoms with Crippen LogP contribution in [0.4, 0.5) is 0 Å². The number of likely N-dealkylation sites (tertiary alicyclic amines) is 1. The topological polar surface area (TPSA) is 90.3 Å². The van der Waals surface area contributed by atoms with Crippen LogP contribution in [0.2, 0.25) is 0 Å². The monoisotopic (exact) mass is 487 g/mol. The van der Waals surface area contributed by atoms with Crippen molar-refractivity contribution in [1.29, 1.82) is 5.26 Å². The predicted molar refractivity (Wildman–Crippen MR) is 135 cm³/mol. The number of carbonyl (C=O) groups is 1. The van der Waals surface area contributed by atoms with E-state index in [9.17, 15) is 18.5 Å². The molecule has 1 fully saturated rings. The molecule has 0 unspecified atom stereocenters. The van der Waals surface area contributed by atoms with Gasteiger partial charge in [-0.25, -0.2) is 8.42 Å². The maximum atomic E-state index is 13.6. The molecule has 1 amide bonds. The van der Waals surface area contributed by atoms with Crippen LogP contribution in [0, 0.1) is 18.3 Å². The van der Waals surface area contributed by atoms with Gasteiger partial charge in [0.2, 0.25) is 15.9 Å². The second-order valence-electron chi connectivity index (χ2n) is 9.01. The van der Waals surface area contributed by atoms with Crippen LogP contribution in [0.15, 0.2) is 83.8 Å². The quantitative estimate of drug-likeness (QED) is 0.542. The Morgan fingerprint density at radius 3 is 2.37 bits per heavy atom. The number of aryl methyl sites for hydroxylation is 1. The maximum absolute atomic E-state index is 13.6. The Bertz CT molecular complexity index is 1310. The van der Waals surface area contributed by atoms with Crippen molar-refractivity contribution in [2.45, 2.75) is 43.0 Å². The highest BCUT2D eigenvalue weighted by atomic mass is 32.2. The molecule has 3 aromatic carbocycles. The number of carbonyl (C=O) groups excluding carboxylic acids is 1. The van der Waals surface area contributed by atoms with Crippen molar-refractivity contribution in [3.8, 4) is 6.07 Å². The highest BCUT2D eigenvalue weighted by molar-refractivity contribution is 7.89. The lowest BCUT2D eigenvalue weighted by molar-refractivity contribution is -0.134. The zero-order valence-corrected chi connectivity index (χ0v) is 20.5. The third kappa shape index (κ3) is 6.16. The smallest absolute Gasteiger partial charge is 0.241 e. The Morgan fingerprint density at radius 1 is 1.03 bits per heavy atom. The Morgan fingerprint density at radius 2 is 1.71 bits per heavy atom. The van der Waals surface area contributed by atoms with Crippen LogP contribution in [-0.2, 0) is 21.2 Å². The minimum atomic E-state index is -3.91. The van der Waals surface area contributed by atoms with Crippen LogP contribution in [0.3, 0.4) is 0 Å². The van der Waals surface area contributed by atoms with Gasteiger partial charge >= 0.3 is 0 Å². The number of nitriles is 1. The predicted octanol–water partition coefficient (Wildman–Crippen LogP) is 4.16. The number of benzene rings is 3. The van der Waals surface area contributed by atoms with Gasteiger partial charge < -0.3 is 4.90 Å². The molecule has 1 aliphatic heterocycles. The van der Waals surface area contributed by atoms with Gasteiger partial charge in [0, 0.05) is 13.1 Å². The van der Waals surface area contributed by atoms with E-state index in [1.807, 2.05) is 31.2 Å². The molecule has 0 aromatic heterocycles. The van der Waals surface area contributed by atoms with Crippen molar-refractivity contribution in [3.05, 3.63) is 101 Å². The Hall–Kier alpha value is -3.47. The first-order chi connectivity index (χ1) is 16.9. The van der Waals surface area contributed by atoms with E-state index in [0.717, 1.165) is 24.0 Å². The first-order valence-electron chi connectivity index (χ1n) is 11.8. The SMILES string of the molecule is Cc1ccc(S(=O)(=O)N[C@@H](Cc2cccc(C#N)c2)C(=O)N2CCC(c3ccccc3)CC2)cc1. The second kappa shape index (κ2) is 10.9. The van der Waals surface area contributed by atoms with Crippen molar-refractivity contribution in [2.75, 3.05) is 13.1 Å². The van der Waals surface area contributed by atoms with E-state index in [2.05, 4.69) is 22.9 Å². The lowest BCUT2D eigenvalue weighted by Crippen LogP contribution is -2.51. The van der Waals surface area contributed by atoms with Gasteiger partial charge in [0.05, 0.1) is 16.5 Å². The summed E-state index contributed by atoms with van der Waals surface area (Å²) in [5, 5.41) is 9.25. The summed E-state index contributed by atoms with van der Waals surface area (Å²) in [6.45, 7) is 3.02. The van der Waals surface area contributed by atoms with E-state index in [4.69, 9.17) is 0 Å². The summed E-state index contributed by atoms with van der Waals surface area (Å²) in [7, 11) is -3.91. The summed E-state index contributed by atoms with van der Waals surface area (Å²) in [5.74, 6) is 0.143. The molecule has 1 N–H and O–H groups in total. The summed E-state index contributed by atoms with van der Waals surface area (Å²) in [6, 6.07) is 24.9. The van der Waals surface area contributed by atoms with E-state index in [1.165, 1.54) is 5.56 Å². The molecular formula is C28H29N3O3S. The third-order valence-corrected chi connectivity index (χ3v) is 7.99. The van der Waals surface area contributed by atoms with Crippen molar-refractivity contribution in [1.82, 2.24) is 9.62 Å². The molecular weight excluding hydrogens is 458 g/mol. The van der Waals surface area contributed by atoms with Gasteiger partial charge in [-0.05, 0) is 67.5 Å². The maximum Gasteiger partial charge on any atom is 0.241 e. The lowest BCUT2D eigenvalue weighted by Gasteiger charge is -2.34. The number of amides is 1. The van der Waals surface area contributed by atoms with Crippen LogP contribution in [0.1, 0.15) is 41.0 Å². The zero-order valence-electron chi connectivity index (χ0n) is 19.7. The number of hydrogen-bond donors (Lipinski definition) is 1. The van der Waals surface area contributed by atoms with E-state index in [1.54, 1.807) is 47.4 Å². The standard InChI is InChI=1S/C28H29N3O3S/c1-21-10-12-26(13-11-21)35(33,34)30-27(19-22-6-5-7-23(18-22)20-29)28(32)31-16-14-25(15-17-31)24-8-3-2-4-9-24/h2-13,18,25,27,30H,14-17,19H2,1H3/t27-/m0/s1. The largest absolute Gasteiger partial charge is 0.341 e. The van der Waals surface area contributed by atoms with Crippen LogP contribution in [0.5, 0.6) is 0 Å². The molecule has 3 aromatic rings. The zero-order chi connectivity index (χ0) is 24.8. The molecule has 180 valence electrons. The fraction of sp³-hybridized carbons (Fsp3) is 0.286. The molecule has 7 heteroatoms. The van der Waals surface area contributed by atoms with Gasteiger partial charge in [0.15, 0.2) is 0 Å². The number of hydrogen-bond acceptors (Lipinski definition) is 4. The van der Waals surface area contributed by atoms with Crippen LogP contribution >= 0.6 is 0 Å². The number of nitrogens with zero attached hydrogens (tertiary/aromatic N) is 2. The fourth-order valence-electron chi connectivity index (χ4n) is 4.53. The van der Waals surface area contributed by atoms with Gasteiger partial charge in [-0.2, -0.15) is 9.98 Å². The lowest BCUT2D eigenvalue weighted by atomic mass is 9.89. The van der Waals surface area contributed by atoms with E-state index in [0.29, 0.717) is 24.6 Å². The summed E-state index contributed by atoms with van der Waals surface area (Å²) in [6.07, 6.45) is 1.83. The average Bonchev–Trinajstić information content (AvgIpc) is 2.89. The molecule has 0 aliphatic carbocycles. The minimum absolute atomic E-state index is 0.120. The number of rotatable bonds is 7. The van der Waals surface area contributed by atoms with E-state index >= 15 is 0 Å². The Balaban J connectivity index is 1.54. The second-order valence-corrected chi connectivity index (χ2v) is 10.7. The highest BCUT2D eigenvalue weighted by Crippen LogP contribution is 2.28. The minimum Gasteiger partial charge on any atom is -0.341 e. The Kier molecular flexibility index (Phi) is 7.64. The van der Waals surface area contributed by atoms with Crippen LogP contribution < -0.4 is 4.72 Å². The molecule has 6 nitrogen and oxygen atoms in total. The number of sulfonamides is 1. The molecule has 0 radical (unpaired) electrons. The van der Waals surface area contributed by atoms with Gasteiger partial charge in [-0.1, -0.05) is 60.2 Å². The molecule has 1 atom stereocenters. The molecule has 1 aliphatic rings. The van der Waals surface area contributed by atoms with Crippen LogP contribution in [0.25, 0.3) is 0 Å². The van der Waals surface area contributed by atoms with E-state index in [-0.39, 0.29) is 17.2 Å². The van der Waals surface area contributed by atoms with Crippen LogP contribution in [-0.4, -0.2) is 38.4 Å². The normalized spacial score (nSPS) is 15.4. The van der Waals surface area contributed by atoms with Crippen molar-refractivity contribution in [2.24, 2.45) is 0 Å².